The molecule has 98 valence electrons. The van der Waals surface area contributed by atoms with E-state index in [1.54, 1.807) is 13.0 Å². The first-order valence-corrected chi connectivity index (χ1v) is 6.19. The van der Waals surface area contributed by atoms with Crippen molar-refractivity contribution in [3.8, 4) is 0 Å². The van der Waals surface area contributed by atoms with Crippen LogP contribution in [-0.4, -0.2) is 30.6 Å². The average molecular weight is 251 g/mol. The van der Waals surface area contributed by atoms with Gasteiger partial charge in [0.1, 0.15) is 5.82 Å². The fraction of sp³-hybridized carbons (Fsp3) is 0.500. The molecule has 1 aliphatic rings. The summed E-state index contributed by atoms with van der Waals surface area (Å²) in [6.45, 7) is 4.83. The molecule has 1 aromatic rings. The monoisotopic (exact) mass is 251 g/mol. The Bertz CT molecular complexity index is 473. The Hall–Kier alpha value is -1.42. The fourth-order valence-corrected chi connectivity index (χ4v) is 2.41. The van der Waals surface area contributed by atoms with E-state index in [1.807, 2.05) is 0 Å². The number of nitrogens with zero attached hydrogens (tertiary/aromatic N) is 1. The van der Waals surface area contributed by atoms with Crippen LogP contribution in [-0.2, 0) is 0 Å². The first-order chi connectivity index (χ1) is 8.52. The van der Waals surface area contributed by atoms with Gasteiger partial charge in [0.05, 0.1) is 0 Å². The van der Waals surface area contributed by atoms with Gasteiger partial charge in [-0.1, -0.05) is 0 Å². The van der Waals surface area contributed by atoms with Gasteiger partial charge in [-0.2, -0.15) is 0 Å². The van der Waals surface area contributed by atoms with Crippen LogP contribution in [0.4, 0.5) is 10.1 Å². The van der Waals surface area contributed by atoms with Crippen molar-refractivity contribution in [1.29, 1.82) is 0 Å². The number of aliphatic hydroxyl groups excluding tert-OH is 1. The number of benzene rings is 1. The normalized spacial score (nSPS) is 19.3. The summed E-state index contributed by atoms with van der Waals surface area (Å²) in [5, 5.41) is 9.15. The predicted molar refractivity (Wildman–Crippen MR) is 68.5 cm³/mol. The highest BCUT2D eigenvalue weighted by molar-refractivity contribution is 6.00. The summed E-state index contributed by atoms with van der Waals surface area (Å²) in [7, 11) is 0. The third kappa shape index (κ3) is 2.38. The van der Waals surface area contributed by atoms with Crippen LogP contribution in [0.3, 0.4) is 0 Å². The minimum Gasteiger partial charge on any atom is -0.396 e. The first-order valence-electron chi connectivity index (χ1n) is 6.19. The van der Waals surface area contributed by atoms with Gasteiger partial charge in [-0.25, -0.2) is 4.39 Å². The van der Waals surface area contributed by atoms with Gasteiger partial charge in [0, 0.05) is 36.9 Å². The molecule has 0 spiro atoms. The van der Waals surface area contributed by atoms with Crippen molar-refractivity contribution in [2.45, 2.75) is 20.3 Å². The highest BCUT2D eigenvalue weighted by atomic mass is 19.1. The summed E-state index contributed by atoms with van der Waals surface area (Å²) >= 11 is 0. The predicted octanol–water partition coefficient (Wildman–Crippen LogP) is 2.16. The fourth-order valence-electron chi connectivity index (χ4n) is 2.41. The van der Waals surface area contributed by atoms with Crippen molar-refractivity contribution in [2.75, 3.05) is 24.6 Å². The molecule has 1 aromatic carbocycles. The van der Waals surface area contributed by atoms with Crippen LogP contribution in [0.5, 0.6) is 0 Å². The second-order valence-corrected chi connectivity index (χ2v) is 4.96. The molecule has 1 fully saturated rings. The topological polar surface area (TPSA) is 40.5 Å². The zero-order chi connectivity index (χ0) is 13.3. The van der Waals surface area contributed by atoms with Gasteiger partial charge in [0.25, 0.3) is 0 Å². The van der Waals surface area contributed by atoms with Gasteiger partial charge in [-0.05, 0) is 38.0 Å². The second-order valence-electron chi connectivity index (χ2n) is 4.96. The quantitative estimate of drug-likeness (QED) is 0.837. The molecule has 3 nitrogen and oxygen atoms in total. The number of hydrogen-bond donors (Lipinski definition) is 1. The van der Waals surface area contributed by atoms with E-state index in [9.17, 15) is 9.18 Å². The second kappa shape index (κ2) is 5.06. The van der Waals surface area contributed by atoms with E-state index in [1.165, 1.54) is 13.0 Å². The van der Waals surface area contributed by atoms with Gasteiger partial charge in [0.15, 0.2) is 5.78 Å². The minimum absolute atomic E-state index is 0.128. The molecule has 1 N–H and O–H groups in total. The molecule has 1 atom stereocenters. The van der Waals surface area contributed by atoms with Crippen LogP contribution in [0.1, 0.15) is 29.3 Å². The Kier molecular flexibility index (Phi) is 3.66. The number of aryl methyl sites for hydroxylation is 1. The lowest BCUT2D eigenvalue weighted by atomic mass is 10.0. The average Bonchev–Trinajstić information content (AvgIpc) is 2.80. The molecule has 1 heterocycles. The van der Waals surface area contributed by atoms with Gasteiger partial charge in [-0.15, -0.1) is 0 Å². The molecule has 4 heteroatoms. The number of halogens is 1. The number of anilines is 1. The third-order valence-electron chi connectivity index (χ3n) is 3.54. The molecule has 0 aliphatic carbocycles. The van der Waals surface area contributed by atoms with Crippen LogP contribution in [0.2, 0.25) is 0 Å². The van der Waals surface area contributed by atoms with Crippen LogP contribution >= 0.6 is 0 Å². The minimum atomic E-state index is -0.346. The molecule has 0 radical (unpaired) electrons. The molecule has 1 saturated heterocycles. The SMILES string of the molecule is CC(=O)c1cc(F)c(C)cc1N1CCC(CO)C1. The number of hydrogen-bond acceptors (Lipinski definition) is 3. The van der Waals surface area contributed by atoms with E-state index in [-0.39, 0.29) is 24.1 Å². The van der Waals surface area contributed by atoms with Crippen molar-refractivity contribution >= 4 is 11.5 Å². The van der Waals surface area contributed by atoms with Crippen LogP contribution < -0.4 is 4.90 Å². The molecule has 1 unspecified atom stereocenters. The van der Waals surface area contributed by atoms with Crippen LogP contribution in [0.25, 0.3) is 0 Å². The van der Waals surface area contributed by atoms with Gasteiger partial charge in [0.2, 0.25) is 0 Å². The highest BCUT2D eigenvalue weighted by Gasteiger charge is 2.25. The number of ketones is 1. The first kappa shape index (κ1) is 13.0. The number of rotatable bonds is 3. The maximum atomic E-state index is 13.5. The standard InChI is InChI=1S/C14H18FNO2/c1-9-5-14(12(10(2)18)6-13(9)15)16-4-3-11(7-16)8-17/h5-6,11,17H,3-4,7-8H2,1-2H3. The Morgan fingerprint density at radius 1 is 1.56 bits per heavy atom. The van der Waals surface area contributed by atoms with Crippen LogP contribution in [0.15, 0.2) is 12.1 Å². The molecular weight excluding hydrogens is 233 g/mol. The number of carbonyl (C=O) groups is 1. The maximum absolute atomic E-state index is 13.5. The molecular formula is C14H18FNO2. The lowest BCUT2D eigenvalue weighted by Crippen LogP contribution is -2.23. The molecule has 18 heavy (non-hydrogen) atoms. The van der Waals surface area contributed by atoms with E-state index in [4.69, 9.17) is 5.11 Å². The number of Topliss-reactive ketones (excluding diaryl/α,β-unsaturated/α-hetero) is 1. The van der Waals surface area contributed by atoms with Gasteiger partial charge < -0.3 is 10.0 Å². The maximum Gasteiger partial charge on any atom is 0.161 e. The molecule has 0 bridgehead atoms. The summed E-state index contributed by atoms with van der Waals surface area (Å²) < 4.78 is 13.5. The lowest BCUT2D eigenvalue weighted by Gasteiger charge is -2.22. The smallest absolute Gasteiger partial charge is 0.161 e. The summed E-state index contributed by atoms with van der Waals surface area (Å²) in [5.74, 6) is -0.228. The summed E-state index contributed by atoms with van der Waals surface area (Å²) in [4.78, 5) is 13.7. The summed E-state index contributed by atoms with van der Waals surface area (Å²) in [6, 6.07) is 3.05. The van der Waals surface area contributed by atoms with E-state index in [0.717, 1.165) is 25.2 Å². The zero-order valence-corrected chi connectivity index (χ0v) is 10.7. The lowest BCUT2D eigenvalue weighted by molar-refractivity contribution is 0.101. The molecule has 1 aliphatic heterocycles. The van der Waals surface area contributed by atoms with E-state index >= 15 is 0 Å². The Labute approximate surface area is 106 Å². The van der Waals surface area contributed by atoms with Crippen molar-refractivity contribution in [3.05, 3.63) is 29.1 Å². The van der Waals surface area contributed by atoms with E-state index < -0.39 is 0 Å². The van der Waals surface area contributed by atoms with Crippen molar-refractivity contribution in [1.82, 2.24) is 0 Å². The van der Waals surface area contributed by atoms with Crippen molar-refractivity contribution in [3.63, 3.8) is 0 Å². The van der Waals surface area contributed by atoms with Crippen molar-refractivity contribution < 1.29 is 14.3 Å². The van der Waals surface area contributed by atoms with Gasteiger partial charge >= 0.3 is 0 Å². The summed E-state index contributed by atoms with van der Waals surface area (Å²) in [6.07, 6.45) is 0.907. The number of carbonyl (C=O) groups excluding carboxylic acids is 1. The van der Waals surface area contributed by atoms with Crippen molar-refractivity contribution in [2.24, 2.45) is 5.92 Å². The molecule has 0 aromatic heterocycles. The Morgan fingerprint density at radius 2 is 2.28 bits per heavy atom. The summed E-state index contributed by atoms with van der Waals surface area (Å²) in [5.41, 5.74) is 1.76. The number of aliphatic hydroxyl groups is 1. The molecule has 2 rings (SSSR count). The van der Waals surface area contributed by atoms with E-state index in [0.29, 0.717) is 11.1 Å². The Balaban J connectivity index is 2.37. The third-order valence-corrected chi connectivity index (χ3v) is 3.54. The van der Waals surface area contributed by atoms with E-state index in [2.05, 4.69) is 4.90 Å². The Morgan fingerprint density at radius 3 is 2.83 bits per heavy atom. The molecule has 0 saturated carbocycles. The van der Waals surface area contributed by atoms with Gasteiger partial charge in [-0.3, -0.25) is 4.79 Å². The van der Waals surface area contributed by atoms with Crippen LogP contribution in [0, 0.1) is 18.7 Å². The largest absolute Gasteiger partial charge is 0.396 e. The zero-order valence-electron chi connectivity index (χ0n) is 10.7. The molecule has 0 amide bonds. The highest BCUT2D eigenvalue weighted by Crippen LogP contribution is 2.29.